The summed E-state index contributed by atoms with van der Waals surface area (Å²) in [6, 6.07) is 0. The van der Waals surface area contributed by atoms with Crippen molar-refractivity contribution in [1.29, 1.82) is 0 Å². The van der Waals surface area contributed by atoms with Crippen molar-refractivity contribution in [2.75, 3.05) is 0 Å². The highest BCUT2D eigenvalue weighted by molar-refractivity contribution is 5.69. The quantitative estimate of drug-likeness (QED) is 0.470. The minimum atomic E-state index is -0.0567. The van der Waals surface area contributed by atoms with Crippen molar-refractivity contribution in [1.82, 2.24) is 0 Å². The van der Waals surface area contributed by atoms with Crippen LogP contribution in [-0.2, 0) is 9.53 Å². The van der Waals surface area contributed by atoms with Gasteiger partial charge in [-0.25, -0.2) is 0 Å². The van der Waals surface area contributed by atoms with E-state index in [0.717, 1.165) is 18.8 Å². The molecule has 0 rings (SSSR count). The largest absolute Gasteiger partial charge is 0.463 e. The highest BCUT2D eigenvalue weighted by atomic mass is 16.5. The number of carbonyl (C=O) groups excluding carboxylic acids is 1. The van der Waals surface area contributed by atoms with E-state index in [4.69, 9.17) is 4.74 Å². The van der Waals surface area contributed by atoms with Crippen molar-refractivity contribution >= 4 is 5.97 Å². The summed E-state index contributed by atoms with van der Waals surface area (Å²) in [5, 5.41) is 0. The maximum atomic E-state index is 11.1. The Morgan fingerprint density at radius 2 is 1.77 bits per heavy atom. The molecule has 0 amide bonds. The molecule has 0 aliphatic carbocycles. The van der Waals surface area contributed by atoms with Gasteiger partial charge in [-0.1, -0.05) is 26.7 Å². The zero-order valence-electron chi connectivity index (χ0n) is 9.30. The van der Waals surface area contributed by atoms with Crippen LogP contribution in [-0.4, -0.2) is 12.1 Å². The van der Waals surface area contributed by atoms with Gasteiger partial charge in [-0.2, -0.15) is 0 Å². The van der Waals surface area contributed by atoms with Crippen LogP contribution in [0.25, 0.3) is 0 Å². The van der Waals surface area contributed by atoms with Crippen LogP contribution in [0.2, 0.25) is 0 Å². The van der Waals surface area contributed by atoms with E-state index >= 15 is 0 Å². The fraction of sp³-hybridized carbons (Fsp3) is 0.909. The second-order valence-corrected chi connectivity index (χ2v) is 4.18. The number of hydrogen-bond acceptors (Lipinski definition) is 2. The Balaban J connectivity index is 3.27. The molecule has 0 aromatic carbocycles. The van der Waals surface area contributed by atoms with E-state index in [1.54, 1.807) is 0 Å². The normalized spacial score (nSPS) is 10.9. The van der Waals surface area contributed by atoms with Crippen LogP contribution in [0.1, 0.15) is 53.4 Å². The van der Waals surface area contributed by atoms with E-state index in [2.05, 4.69) is 13.8 Å². The average Bonchev–Trinajstić information content (AvgIpc) is 1.96. The number of esters is 1. The van der Waals surface area contributed by atoms with Crippen LogP contribution in [0, 0.1) is 5.92 Å². The standard InChI is InChI=1S/C11H22O2/c1-9(2)7-5-6-8-11(12)13-10(3)4/h9-10H,5-8H2,1-4H3. The molecule has 0 fully saturated rings. The fourth-order valence-corrected chi connectivity index (χ4v) is 1.14. The number of carbonyl (C=O) groups is 1. The summed E-state index contributed by atoms with van der Waals surface area (Å²) >= 11 is 0. The Labute approximate surface area is 81.7 Å². The minimum absolute atomic E-state index is 0.0256. The molecule has 0 heterocycles. The summed E-state index contributed by atoms with van der Waals surface area (Å²) in [5.41, 5.74) is 0. The first-order valence-corrected chi connectivity index (χ1v) is 5.22. The smallest absolute Gasteiger partial charge is 0.306 e. The Morgan fingerprint density at radius 1 is 1.15 bits per heavy atom. The van der Waals surface area contributed by atoms with Crippen LogP contribution in [0.3, 0.4) is 0 Å². The van der Waals surface area contributed by atoms with Gasteiger partial charge in [-0.15, -0.1) is 0 Å². The molecule has 2 heteroatoms. The molecule has 0 unspecified atom stereocenters. The van der Waals surface area contributed by atoms with Crippen molar-refractivity contribution in [2.24, 2.45) is 5.92 Å². The minimum Gasteiger partial charge on any atom is -0.463 e. The van der Waals surface area contributed by atoms with E-state index in [9.17, 15) is 4.79 Å². The molecular weight excluding hydrogens is 164 g/mol. The van der Waals surface area contributed by atoms with E-state index in [0.29, 0.717) is 6.42 Å². The van der Waals surface area contributed by atoms with Crippen molar-refractivity contribution in [2.45, 2.75) is 59.5 Å². The summed E-state index contributed by atoms with van der Waals surface area (Å²) in [6.45, 7) is 8.16. The summed E-state index contributed by atoms with van der Waals surface area (Å²) in [5.74, 6) is 0.680. The monoisotopic (exact) mass is 186 g/mol. The Bertz CT molecular complexity index is 139. The number of hydrogen-bond donors (Lipinski definition) is 0. The molecule has 0 aliphatic heterocycles. The summed E-state index contributed by atoms with van der Waals surface area (Å²) < 4.78 is 5.02. The predicted octanol–water partition coefficient (Wildman–Crippen LogP) is 3.15. The topological polar surface area (TPSA) is 26.3 Å². The predicted molar refractivity (Wildman–Crippen MR) is 54.5 cm³/mol. The molecule has 0 aromatic rings. The van der Waals surface area contributed by atoms with Crippen molar-refractivity contribution in [3.8, 4) is 0 Å². The third-order valence-corrected chi connectivity index (χ3v) is 1.78. The summed E-state index contributed by atoms with van der Waals surface area (Å²) in [6.07, 6.45) is 3.90. The number of rotatable bonds is 6. The summed E-state index contributed by atoms with van der Waals surface area (Å²) in [7, 11) is 0. The van der Waals surface area contributed by atoms with Crippen LogP contribution < -0.4 is 0 Å². The van der Waals surface area contributed by atoms with E-state index in [-0.39, 0.29) is 12.1 Å². The molecule has 0 aromatic heterocycles. The molecule has 0 spiro atoms. The lowest BCUT2D eigenvalue weighted by atomic mass is 10.1. The highest BCUT2D eigenvalue weighted by Gasteiger charge is 2.04. The van der Waals surface area contributed by atoms with Gasteiger partial charge in [0.15, 0.2) is 0 Å². The van der Waals surface area contributed by atoms with Gasteiger partial charge in [0.1, 0.15) is 0 Å². The van der Waals surface area contributed by atoms with Gasteiger partial charge >= 0.3 is 5.97 Å². The fourth-order valence-electron chi connectivity index (χ4n) is 1.14. The van der Waals surface area contributed by atoms with E-state index in [1.807, 2.05) is 13.8 Å². The van der Waals surface area contributed by atoms with E-state index in [1.165, 1.54) is 6.42 Å². The molecule has 0 N–H and O–H groups in total. The first-order chi connectivity index (χ1) is 6.02. The van der Waals surface area contributed by atoms with Gasteiger partial charge in [0.05, 0.1) is 6.10 Å². The summed E-state index contributed by atoms with van der Waals surface area (Å²) in [4.78, 5) is 11.1. The molecule has 0 radical (unpaired) electrons. The molecule has 0 saturated carbocycles. The Morgan fingerprint density at radius 3 is 2.23 bits per heavy atom. The maximum Gasteiger partial charge on any atom is 0.306 e. The van der Waals surface area contributed by atoms with Gasteiger partial charge in [-0.3, -0.25) is 4.79 Å². The van der Waals surface area contributed by atoms with E-state index < -0.39 is 0 Å². The highest BCUT2D eigenvalue weighted by Crippen LogP contribution is 2.08. The van der Waals surface area contributed by atoms with Crippen molar-refractivity contribution < 1.29 is 9.53 Å². The Hall–Kier alpha value is -0.530. The second-order valence-electron chi connectivity index (χ2n) is 4.18. The van der Waals surface area contributed by atoms with Gasteiger partial charge in [0, 0.05) is 6.42 Å². The van der Waals surface area contributed by atoms with Crippen LogP contribution in [0.4, 0.5) is 0 Å². The third-order valence-electron chi connectivity index (χ3n) is 1.78. The molecule has 0 atom stereocenters. The van der Waals surface area contributed by atoms with Crippen molar-refractivity contribution in [3.63, 3.8) is 0 Å². The third kappa shape index (κ3) is 9.38. The van der Waals surface area contributed by atoms with Crippen molar-refractivity contribution in [3.05, 3.63) is 0 Å². The number of unbranched alkanes of at least 4 members (excludes halogenated alkanes) is 1. The van der Waals surface area contributed by atoms with Gasteiger partial charge in [0.25, 0.3) is 0 Å². The molecule has 13 heavy (non-hydrogen) atoms. The zero-order valence-corrected chi connectivity index (χ0v) is 9.30. The first kappa shape index (κ1) is 12.5. The SMILES string of the molecule is CC(C)CCCCC(=O)OC(C)C. The lowest BCUT2D eigenvalue weighted by molar-refractivity contribution is -0.147. The lowest BCUT2D eigenvalue weighted by Crippen LogP contribution is -2.10. The average molecular weight is 186 g/mol. The number of ether oxygens (including phenoxy) is 1. The molecule has 0 aliphatic rings. The lowest BCUT2D eigenvalue weighted by Gasteiger charge is -2.08. The van der Waals surface area contributed by atoms with Gasteiger partial charge < -0.3 is 4.74 Å². The molecular formula is C11H22O2. The zero-order chi connectivity index (χ0) is 10.3. The van der Waals surface area contributed by atoms with Gasteiger partial charge in [-0.05, 0) is 26.2 Å². The second kappa shape index (κ2) is 6.93. The maximum absolute atomic E-state index is 11.1. The first-order valence-electron chi connectivity index (χ1n) is 5.22. The van der Waals surface area contributed by atoms with Gasteiger partial charge in [0.2, 0.25) is 0 Å². The van der Waals surface area contributed by atoms with Crippen LogP contribution in [0.15, 0.2) is 0 Å². The molecule has 78 valence electrons. The van der Waals surface area contributed by atoms with Crippen LogP contribution >= 0.6 is 0 Å². The molecule has 0 bridgehead atoms. The van der Waals surface area contributed by atoms with Crippen LogP contribution in [0.5, 0.6) is 0 Å². The molecule has 2 nitrogen and oxygen atoms in total. The Kier molecular flexibility index (Phi) is 6.65. The molecule has 0 saturated heterocycles.